The molecule has 4 rings (SSSR count). The summed E-state index contributed by atoms with van der Waals surface area (Å²) < 4.78 is 0. The molecule has 0 saturated heterocycles. The fourth-order valence-corrected chi connectivity index (χ4v) is 4.40. The minimum absolute atomic E-state index is 0.0968. The van der Waals surface area contributed by atoms with Gasteiger partial charge in [0.15, 0.2) is 0 Å². The highest BCUT2D eigenvalue weighted by Crippen LogP contribution is 2.37. The van der Waals surface area contributed by atoms with Crippen molar-refractivity contribution in [1.82, 2.24) is 10.3 Å². The van der Waals surface area contributed by atoms with Gasteiger partial charge in [0.1, 0.15) is 5.69 Å². The molecule has 0 aliphatic heterocycles. The molecule has 4 aromatic rings. The number of halogens is 1. The maximum Gasteiger partial charge on any atom is 0.268 e. The highest BCUT2D eigenvalue weighted by atomic mass is 35.5. The quantitative estimate of drug-likeness (QED) is 0.373. The Morgan fingerprint density at radius 2 is 1.69 bits per heavy atom. The van der Waals surface area contributed by atoms with Gasteiger partial charge in [-0.15, -0.1) is 0 Å². The van der Waals surface area contributed by atoms with Gasteiger partial charge in [-0.25, -0.2) is 0 Å². The van der Waals surface area contributed by atoms with Gasteiger partial charge in [0, 0.05) is 27.4 Å². The van der Waals surface area contributed by atoms with Crippen molar-refractivity contribution in [2.24, 2.45) is 0 Å². The van der Waals surface area contributed by atoms with E-state index in [4.69, 9.17) is 11.6 Å². The van der Waals surface area contributed by atoms with E-state index in [-0.39, 0.29) is 11.8 Å². The number of carbonyl (C=O) groups excluding carboxylic acids is 1. The molecule has 0 aliphatic rings. The second kappa shape index (κ2) is 8.76. The summed E-state index contributed by atoms with van der Waals surface area (Å²) in [5.41, 5.74) is 2.75. The number of rotatable bonds is 6. The van der Waals surface area contributed by atoms with Crippen LogP contribution in [0.4, 0.5) is 0 Å². The zero-order valence-corrected chi connectivity index (χ0v) is 17.6. The van der Waals surface area contributed by atoms with E-state index in [9.17, 15) is 4.79 Å². The third-order valence-corrected chi connectivity index (χ3v) is 6.24. The standard InChI is InChI=1S/C24H21ClN2OS/c1-16(17-7-3-2-4-8-17)15-26-24(28)22-23(20-9-5-6-10-21(20)27-22)29-19-13-11-18(25)12-14-19/h2-14,16,27H,15H2,1H3,(H,26,28)/t16-/m0/s1. The van der Waals surface area contributed by atoms with Gasteiger partial charge in [0.05, 0.1) is 4.90 Å². The predicted molar refractivity (Wildman–Crippen MR) is 121 cm³/mol. The molecular weight excluding hydrogens is 400 g/mol. The molecule has 0 unspecified atom stereocenters. The number of aromatic nitrogens is 1. The van der Waals surface area contributed by atoms with Crippen LogP contribution in [0.15, 0.2) is 88.7 Å². The van der Waals surface area contributed by atoms with Crippen molar-refractivity contribution in [3.63, 3.8) is 0 Å². The molecule has 0 fully saturated rings. The van der Waals surface area contributed by atoms with Crippen molar-refractivity contribution in [2.45, 2.75) is 22.6 Å². The van der Waals surface area contributed by atoms with Gasteiger partial charge in [0.25, 0.3) is 5.91 Å². The highest BCUT2D eigenvalue weighted by molar-refractivity contribution is 7.99. The first kappa shape index (κ1) is 19.6. The third-order valence-electron chi connectivity index (χ3n) is 4.86. The zero-order valence-electron chi connectivity index (χ0n) is 16.0. The first-order chi connectivity index (χ1) is 14.1. The van der Waals surface area contributed by atoms with Crippen LogP contribution in [0.2, 0.25) is 5.02 Å². The Morgan fingerprint density at radius 1 is 1.00 bits per heavy atom. The summed E-state index contributed by atoms with van der Waals surface area (Å²) in [4.78, 5) is 18.3. The largest absolute Gasteiger partial charge is 0.350 e. The first-order valence-electron chi connectivity index (χ1n) is 9.49. The summed E-state index contributed by atoms with van der Waals surface area (Å²) in [7, 11) is 0. The second-order valence-electron chi connectivity index (χ2n) is 6.95. The normalized spacial score (nSPS) is 12.1. The number of H-pyrrole nitrogens is 1. The van der Waals surface area contributed by atoms with Gasteiger partial charge < -0.3 is 10.3 Å². The number of amides is 1. The Kier molecular flexibility index (Phi) is 5.93. The summed E-state index contributed by atoms with van der Waals surface area (Å²) >= 11 is 7.58. The van der Waals surface area contributed by atoms with E-state index >= 15 is 0 Å². The number of hydrogen-bond acceptors (Lipinski definition) is 2. The molecule has 3 aromatic carbocycles. The molecular formula is C24H21ClN2OS. The lowest BCUT2D eigenvalue weighted by atomic mass is 10.0. The van der Waals surface area contributed by atoms with Crippen LogP contribution in [-0.4, -0.2) is 17.4 Å². The molecule has 0 saturated carbocycles. The number of aromatic amines is 1. The molecule has 1 heterocycles. The molecule has 0 radical (unpaired) electrons. The maximum absolute atomic E-state index is 13.0. The number of fused-ring (bicyclic) bond motifs is 1. The van der Waals surface area contributed by atoms with Crippen LogP contribution in [0, 0.1) is 0 Å². The summed E-state index contributed by atoms with van der Waals surface area (Å²) in [6, 6.07) is 25.8. The number of nitrogens with one attached hydrogen (secondary N) is 2. The van der Waals surface area contributed by atoms with E-state index in [0.29, 0.717) is 17.3 Å². The predicted octanol–water partition coefficient (Wildman–Crippen LogP) is 6.51. The molecule has 2 N–H and O–H groups in total. The molecule has 5 heteroatoms. The maximum atomic E-state index is 13.0. The van der Waals surface area contributed by atoms with Crippen LogP contribution >= 0.6 is 23.4 Å². The van der Waals surface area contributed by atoms with E-state index < -0.39 is 0 Å². The van der Waals surface area contributed by atoms with Gasteiger partial charge in [-0.05, 0) is 41.8 Å². The van der Waals surface area contributed by atoms with Crippen LogP contribution in [0.1, 0.15) is 28.9 Å². The summed E-state index contributed by atoms with van der Waals surface area (Å²) in [5, 5.41) is 4.82. The topological polar surface area (TPSA) is 44.9 Å². The van der Waals surface area contributed by atoms with Gasteiger partial charge >= 0.3 is 0 Å². The van der Waals surface area contributed by atoms with Crippen LogP contribution in [-0.2, 0) is 0 Å². The van der Waals surface area contributed by atoms with Crippen LogP contribution in [0.25, 0.3) is 10.9 Å². The average molecular weight is 421 g/mol. The third kappa shape index (κ3) is 4.50. The smallest absolute Gasteiger partial charge is 0.268 e. The Morgan fingerprint density at radius 3 is 2.45 bits per heavy atom. The van der Waals surface area contributed by atoms with E-state index in [2.05, 4.69) is 29.4 Å². The summed E-state index contributed by atoms with van der Waals surface area (Å²) in [6.07, 6.45) is 0. The van der Waals surface area contributed by atoms with Crippen molar-refractivity contribution in [1.29, 1.82) is 0 Å². The van der Waals surface area contributed by atoms with Crippen LogP contribution < -0.4 is 5.32 Å². The van der Waals surface area contributed by atoms with Gasteiger partial charge in [-0.2, -0.15) is 0 Å². The van der Waals surface area contributed by atoms with E-state index in [1.54, 1.807) is 11.8 Å². The molecule has 146 valence electrons. The zero-order chi connectivity index (χ0) is 20.2. The fourth-order valence-electron chi connectivity index (χ4n) is 3.24. The first-order valence-corrected chi connectivity index (χ1v) is 10.7. The fraction of sp³-hybridized carbons (Fsp3) is 0.125. The van der Waals surface area contributed by atoms with Crippen molar-refractivity contribution in [2.75, 3.05) is 6.54 Å². The monoisotopic (exact) mass is 420 g/mol. The highest BCUT2D eigenvalue weighted by Gasteiger charge is 2.19. The Hall–Kier alpha value is -2.69. The average Bonchev–Trinajstić information content (AvgIpc) is 3.12. The number of carbonyl (C=O) groups is 1. The Labute approximate surface area is 179 Å². The van der Waals surface area contributed by atoms with E-state index in [1.165, 1.54) is 5.56 Å². The summed E-state index contributed by atoms with van der Waals surface area (Å²) in [6.45, 7) is 2.69. The van der Waals surface area contributed by atoms with Gasteiger partial charge in [0.2, 0.25) is 0 Å². The molecule has 0 spiro atoms. The lowest BCUT2D eigenvalue weighted by molar-refractivity contribution is 0.0944. The molecule has 0 bridgehead atoms. The Balaban J connectivity index is 1.59. The van der Waals surface area contributed by atoms with Crippen molar-refractivity contribution >= 4 is 40.2 Å². The lowest BCUT2D eigenvalue weighted by Gasteiger charge is -2.13. The summed E-state index contributed by atoms with van der Waals surface area (Å²) in [5.74, 6) is 0.136. The SMILES string of the molecule is C[C@@H](CNC(=O)c1[nH]c2ccccc2c1Sc1ccc(Cl)cc1)c1ccccc1. The molecule has 3 nitrogen and oxygen atoms in total. The lowest BCUT2D eigenvalue weighted by Crippen LogP contribution is -2.28. The van der Waals surface area contributed by atoms with Crippen molar-refractivity contribution < 1.29 is 4.79 Å². The molecule has 1 amide bonds. The second-order valence-corrected chi connectivity index (χ2v) is 8.47. The van der Waals surface area contributed by atoms with Crippen molar-refractivity contribution in [3.05, 3.63) is 95.1 Å². The molecule has 29 heavy (non-hydrogen) atoms. The minimum atomic E-state index is -0.0968. The van der Waals surface area contributed by atoms with Gasteiger partial charge in [-0.1, -0.05) is 78.8 Å². The van der Waals surface area contributed by atoms with E-state index in [0.717, 1.165) is 20.7 Å². The van der Waals surface area contributed by atoms with Crippen LogP contribution in [0.3, 0.4) is 0 Å². The van der Waals surface area contributed by atoms with Gasteiger partial charge in [-0.3, -0.25) is 4.79 Å². The van der Waals surface area contributed by atoms with Crippen molar-refractivity contribution in [3.8, 4) is 0 Å². The van der Waals surface area contributed by atoms with E-state index in [1.807, 2.05) is 66.7 Å². The number of para-hydroxylation sites is 1. The molecule has 0 aliphatic carbocycles. The molecule has 1 atom stereocenters. The molecule has 1 aromatic heterocycles. The van der Waals surface area contributed by atoms with Crippen LogP contribution in [0.5, 0.6) is 0 Å². The number of hydrogen-bond donors (Lipinski definition) is 2. The Bertz CT molecular complexity index is 1120. The minimum Gasteiger partial charge on any atom is -0.350 e. The number of benzene rings is 3.